The van der Waals surface area contributed by atoms with Gasteiger partial charge in [-0.3, -0.25) is 9.69 Å². The lowest BCUT2D eigenvalue weighted by atomic mass is 9.70. The molecule has 1 saturated heterocycles. The molecule has 1 atom stereocenters. The zero-order chi connectivity index (χ0) is 15.0. The van der Waals surface area contributed by atoms with Gasteiger partial charge in [0.25, 0.3) is 0 Å². The molecule has 0 aromatic heterocycles. The first-order valence-electron chi connectivity index (χ1n) is 8.05. The Labute approximate surface area is 127 Å². The quantitative estimate of drug-likeness (QED) is 0.903. The molecule has 21 heavy (non-hydrogen) atoms. The molecule has 3 heteroatoms. The smallest absolute Gasteiger partial charge is 0.306 e. The van der Waals surface area contributed by atoms with Gasteiger partial charge in [0.15, 0.2) is 0 Å². The van der Waals surface area contributed by atoms with Crippen LogP contribution >= 0.6 is 0 Å². The second kappa shape index (κ2) is 5.45. The summed E-state index contributed by atoms with van der Waals surface area (Å²) in [5.74, 6) is -0.767. The van der Waals surface area contributed by atoms with Crippen LogP contribution in [0.4, 0.5) is 0 Å². The number of hydrogen-bond donors (Lipinski definition) is 1. The zero-order valence-corrected chi connectivity index (χ0v) is 13.0. The summed E-state index contributed by atoms with van der Waals surface area (Å²) in [6, 6.07) is 9.29. The molecule has 1 aromatic rings. The third-order valence-corrected chi connectivity index (χ3v) is 5.41. The maximum Gasteiger partial charge on any atom is 0.306 e. The number of carboxylic acids is 1. The van der Waals surface area contributed by atoms with E-state index in [0.29, 0.717) is 6.04 Å². The summed E-state index contributed by atoms with van der Waals surface area (Å²) < 4.78 is 0. The van der Waals surface area contributed by atoms with E-state index in [2.05, 4.69) is 43.0 Å². The number of carboxylic acid groups (broad SMARTS) is 1. The van der Waals surface area contributed by atoms with E-state index in [9.17, 15) is 4.79 Å². The minimum atomic E-state index is -0.625. The second-order valence-electron chi connectivity index (χ2n) is 7.17. The molecule has 114 valence electrons. The number of piperidine rings is 1. The van der Waals surface area contributed by atoms with Crippen molar-refractivity contribution in [2.45, 2.75) is 51.0 Å². The van der Waals surface area contributed by atoms with Crippen LogP contribution in [0, 0.1) is 5.92 Å². The first-order valence-corrected chi connectivity index (χ1v) is 8.05. The minimum Gasteiger partial charge on any atom is -0.481 e. The molecule has 0 radical (unpaired) electrons. The molecule has 1 heterocycles. The van der Waals surface area contributed by atoms with Crippen LogP contribution in [0.3, 0.4) is 0 Å². The van der Waals surface area contributed by atoms with Gasteiger partial charge in [0.05, 0.1) is 5.92 Å². The second-order valence-corrected chi connectivity index (χ2v) is 7.17. The van der Waals surface area contributed by atoms with Crippen LogP contribution in [-0.4, -0.2) is 29.1 Å². The molecule has 1 aliphatic heterocycles. The Balaban J connectivity index is 1.80. The Bertz CT molecular complexity index is 530. The normalized spacial score (nSPS) is 26.3. The number of benzene rings is 1. The van der Waals surface area contributed by atoms with Crippen LogP contribution in [0.25, 0.3) is 0 Å². The van der Waals surface area contributed by atoms with Gasteiger partial charge in [-0.15, -0.1) is 0 Å². The van der Waals surface area contributed by atoms with Gasteiger partial charge in [-0.2, -0.15) is 0 Å². The maximum atomic E-state index is 11.1. The van der Waals surface area contributed by atoms with Crippen molar-refractivity contribution in [3.05, 3.63) is 35.4 Å². The fourth-order valence-corrected chi connectivity index (χ4v) is 4.03. The van der Waals surface area contributed by atoms with Crippen molar-refractivity contribution >= 4 is 5.97 Å². The van der Waals surface area contributed by atoms with Gasteiger partial charge in [0.2, 0.25) is 0 Å². The van der Waals surface area contributed by atoms with E-state index in [1.54, 1.807) is 0 Å². The van der Waals surface area contributed by atoms with E-state index >= 15 is 0 Å². The van der Waals surface area contributed by atoms with Crippen molar-refractivity contribution in [1.82, 2.24) is 4.90 Å². The highest BCUT2D eigenvalue weighted by Crippen LogP contribution is 2.44. The fraction of sp³-hybridized carbons (Fsp3) is 0.611. The number of aliphatic carboxylic acids is 1. The van der Waals surface area contributed by atoms with Crippen molar-refractivity contribution in [1.29, 1.82) is 0 Å². The molecule has 0 spiro atoms. The first kappa shape index (κ1) is 14.6. The molecule has 0 bridgehead atoms. The van der Waals surface area contributed by atoms with Gasteiger partial charge in [0.1, 0.15) is 0 Å². The number of hydrogen-bond acceptors (Lipinski definition) is 2. The Morgan fingerprint density at radius 1 is 1.19 bits per heavy atom. The van der Waals surface area contributed by atoms with Crippen LogP contribution in [0.2, 0.25) is 0 Å². The van der Waals surface area contributed by atoms with Crippen LogP contribution < -0.4 is 0 Å². The zero-order valence-electron chi connectivity index (χ0n) is 13.0. The lowest BCUT2D eigenvalue weighted by Gasteiger charge is -2.44. The van der Waals surface area contributed by atoms with Crippen molar-refractivity contribution in [2.24, 2.45) is 5.92 Å². The van der Waals surface area contributed by atoms with E-state index in [1.165, 1.54) is 24.0 Å². The third-order valence-electron chi connectivity index (χ3n) is 5.41. The molecule has 0 amide bonds. The Morgan fingerprint density at radius 3 is 2.52 bits per heavy atom. The highest BCUT2D eigenvalue weighted by Gasteiger charge is 2.36. The molecular weight excluding hydrogens is 262 g/mol. The Kier molecular flexibility index (Phi) is 3.78. The monoisotopic (exact) mass is 287 g/mol. The summed E-state index contributed by atoms with van der Waals surface area (Å²) >= 11 is 0. The van der Waals surface area contributed by atoms with Gasteiger partial charge in [-0.1, -0.05) is 38.1 Å². The molecule has 1 N–H and O–H groups in total. The SMILES string of the molecule is CC1(C)CCC(N2CCC(C(=O)O)CC2)c2ccccc21. The fourth-order valence-electron chi connectivity index (χ4n) is 4.03. The highest BCUT2D eigenvalue weighted by atomic mass is 16.4. The van der Waals surface area contributed by atoms with E-state index < -0.39 is 5.97 Å². The van der Waals surface area contributed by atoms with Gasteiger partial charge in [-0.05, 0) is 55.3 Å². The number of likely N-dealkylation sites (tertiary alicyclic amines) is 1. The molecule has 2 aliphatic rings. The Morgan fingerprint density at radius 2 is 1.86 bits per heavy atom. The summed E-state index contributed by atoms with van der Waals surface area (Å²) in [6.07, 6.45) is 3.96. The molecule has 1 fully saturated rings. The summed E-state index contributed by atoms with van der Waals surface area (Å²) in [4.78, 5) is 13.6. The Hall–Kier alpha value is -1.35. The average molecular weight is 287 g/mol. The topological polar surface area (TPSA) is 40.5 Å². The molecule has 1 aliphatic carbocycles. The first-order chi connectivity index (χ1) is 9.99. The van der Waals surface area contributed by atoms with Crippen LogP contribution in [0.1, 0.15) is 56.7 Å². The molecule has 1 unspecified atom stereocenters. The lowest BCUT2D eigenvalue weighted by molar-refractivity contribution is -0.143. The van der Waals surface area contributed by atoms with E-state index in [1.807, 2.05) is 0 Å². The molecule has 3 rings (SSSR count). The summed E-state index contributed by atoms with van der Waals surface area (Å²) in [6.45, 7) is 6.49. The average Bonchev–Trinajstić information content (AvgIpc) is 2.48. The summed E-state index contributed by atoms with van der Waals surface area (Å²) in [5, 5.41) is 9.14. The molecule has 1 aromatic carbocycles. The molecule has 0 saturated carbocycles. The minimum absolute atomic E-state index is 0.142. The third kappa shape index (κ3) is 2.71. The van der Waals surface area contributed by atoms with Crippen molar-refractivity contribution < 1.29 is 9.90 Å². The maximum absolute atomic E-state index is 11.1. The predicted octanol–water partition coefficient (Wildman–Crippen LogP) is 3.60. The van der Waals surface area contributed by atoms with Crippen LogP contribution in [0.15, 0.2) is 24.3 Å². The summed E-state index contributed by atoms with van der Waals surface area (Å²) in [5.41, 5.74) is 3.19. The van der Waals surface area contributed by atoms with Crippen LogP contribution in [0.5, 0.6) is 0 Å². The number of rotatable bonds is 2. The van der Waals surface area contributed by atoms with Gasteiger partial charge in [-0.25, -0.2) is 0 Å². The van der Waals surface area contributed by atoms with Crippen LogP contribution in [-0.2, 0) is 10.2 Å². The van der Waals surface area contributed by atoms with Gasteiger partial charge >= 0.3 is 5.97 Å². The van der Waals surface area contributed by atoms with E-state index in [0.717, 1.165) is 25.9 Å². The van der Waals surface area contributed by atoms with E-state index in [-0.39, 0.29) is 11.3 Å². The number of nitrogens with zero attached hydrogens (tertiary/aromatic N) is 1. The van der Waals surface area contributed by atoms with Crippen molar-refractivity contribution in [3.63, 3.8) is 0 Å². The standard InChI is InChI=1S/C18H25NO2/c1-18(2)10-7-16(14-5-3-4-6-15(14)18)19-11-8-13(9-12-19)17(20)21/h3-6,13,16H,7-12H2,1-2H3,(H,20,21). The van der Waals surface area contributed by atoms with E-state index in [4.69, 9.17) is 5.11 Å². The lowest BCUT2D eigenvalue weighted by Crippen LogP contribution is -2.41. The van der Waals surface area contributed by atoms with Crippen molar-refractivity contribution in [2.75, 3.05) is 13.1 Å². The van der Waals surface area contributed by atoms with Gasteiger partial charge in [0, 0.05) is 6.04 Å². The molecular formula is C18H25NO2. The largest absolute Gasteiger partial charge is 0.481 e. The highest BCUT2D eigenvalue weighted by molar-refractivity contribution is 5.70. The number of fused-ring (bicyclic) bond motifs is 1. The van der Waals surface area contributed by atoms with Gasteiger partial charge < -0.3 is 5.11 Å². The molecule has 3 nitrogen and oxygen atoms in total. The summed E-state index contributed by atoms with van der Waals surface area (Å²) in [7, 11) is 0. The number of carbonyl (C=O) groups is 1. The predicted molar refractivity (Wildman–Crippen MR) is 83.4 cm³/mol. The van der Waals surface area contributed by atoms with Crippen molar-refractivity contribution in [3.8, 4) is 0 Å².